The van der Waals surface area contributed by atoms with E-state index < -0.39 is 18.8 Å². The number of anilines is 1. The van der Waals surface area contributed by atoms with E-state index in [0.717, 1.165) is 50.2 Å². The summed E-state index contributed by atoms with van der Waals surface area (Å²) in [7, 11) is 0. The highest BCUT2D eigenvalue weighted by Crippen LogP contribution is 2.20. The minimum atomic E-state index is -4.32. The van der Waals surface area contributed by atoms with E-state index >= 15 is 0 Å². The second kappa shape index (κ2) is 12.2. The van der Waals surface area contributed by atoms with Crippen molar-refractivity contribution >= 4 is 11.6 Å². The number of carbonyl (C=O) groups excluding carboxylic acids is 1. The molecule has 1 aliphatic heterocycles. The maximum atomic E-state index is 12.2. The molecule has 0 saturated heterocycles. The highest BCUT2D eigenvalue weighted by molar-refractivity contribution is 5.81. The van der Waals surface area contributed by atoms with E-state index in [0.29, 0.717) is 26.1 Å². The lowest BCUT2D eigenvalue weighted by Gasteiger charge is -2.23. The summed E-state index contributed by atoms with van der Waals surface area (Å²) in [6.45, 7) is 2.79. The molecule has 30 heavy (non-hydrogen) atoms. The largest absolute Gasteiger partial charge is 0.411 e. The monoisotopic (exact) mass is 430 g/mol. The minimum absolute atomic E-state index is 0.00708. The molecular weight excluding hydrogens is 397 g/mol. The van der Waals surface area contributed by atoms with Crippen LogP contribution in [0.2, 0.25) is 0 Å². The van der Waals surface area contributed by atoms with Crippen molar-refractivity contribution < 1.29 is 22.7 Å². The summed E-state index contributed by atoms with van der Waals surface area (Å²) in [5, 5.41) is 3.33. The zero-order chi connectivity index (χ0) is 22.0. The second-order valence-electron chi connectivity index (χ2n) is 7.81. The summed E-state index contributed by atoms with van der Waals surface area (Å²) in [6.07, 6.45) is 0.990. The number of Topliss-reactive ketones (excluding diaryl/α,β-unsaturated/α-hetero) is 1. The smallest absolute Gasteiger partial charge is 0.371 e. The van der Waals surface area contributed by atoms with Crippen molar-refractivity contribution in [3.8, 4) is 0 Å². The molecule has 6 nitrogen and oxygen atoms in total. The van der Waals surface area contributed by atoms with E-state index in [9.17, 15) is 18.0 Å². The third-order valence-corrected chi connectivity index (χ3v) is 5.21. The Kier molecular flexibility index (Phi) is 10.0. The first-order valence-corrected chi connectivity index (χ1v) is 10.6. The van der Waals surface area contributed by atoms with Gasteiger partial charge in [0.2, 0.25) is 0 Å². The molecule has 2 rings (SSSR count). The number of nitrogens with zero attached hydrogens (tertiary/aromatic N) is 2. The zero-order valence-electron chi connectivity index (χ0n) is 17.6. The highest BCUT2D eigenvalue weighted by atomic mass is 19.4. The predicted molar refractivity (Wildman–Crippen MR) is 111 cm³/mol. The lowest BCUT2D eigenvalue weighted by atomic mass is 10.1. The lowest BCUT2D eigenvalue weighted by molar-refractivity contribution is -0.174. The molecule has 0 spiro atoms. The van der Waals surface area contributed by atoms with Gasteiger partial charge in [0.05, 0.1) is 12.6 Å². The number of hydrogen-bond acceptors (Lipinski definition) is 6. The zero-order valence-corrected chi connectivity index (χ0v) is 17.6. The van der Waals surface area contributed by atoms with Crippen LogP contribution in [-0.2, 0) is 22.4 Å². The number of halogens is 3. The number of hydrogen-bond donors (Lipinski definition) is 2. The molecule has 0 fully saturated rings. The van der Waals surface area contributed by atoms with E-state index in [2.05, 4.69) is 22.4 Å². The quantitative estimate of drug-likeness (QED) is 0.469. The summed E-state index contributed by atoms with van der Waals surface area (Å²) in [4.78, 5) is 18.0. The van der Waals surface area contributed by atoms with Crippen LogP contribution < -0.4 is 11.1 Å². The Morgan fingerprint density at radius 2 is 2.10 bits per heavy atom. The second-order valence-corrected chi connectivity index (χ2v) is 7.81. The number of aryl methyl sites for hydroxylation is 2. The molecule has 0 radical (unpaired) electrons. The molecule has 9 heteroatoms. The number of ketones is 1. The van der Waals surface area contributed by atoms with Gasteiger partial charge >= 0.3 is 6.18 Å². The number of alkyl halides is 3. The van der Waals surface area contributed by atoms with Crippen LogP contribution in [0.4, 0.5) is 19.0 Å². The number of pyridine rings is 1. The highest BCUT2D eigenvalue weighted by Gasteiger charge is 2.27. The fraction of sp³-hybridized carbons (Fsp3) is 0.714. The molecule has 0 unspecified atom stereocenters. The van der Waals surface area contributed by atoms with Crippen LogP contribution in [0.1, 0.15) is 43.9 Å². The third kappa shape index (κ3) is 9.40. The number of unbranched alkanes of at least 4 members (excludes halogenated alkanes) is 1. The molecule has 1 aliphatic rings. The van der Waals surface area contributed by atoms with Gasteiger partial charge in [-0.1, -0.05) is 6.07 Å². The van der Waals surface area contributed by atoms with Gasteiger partial charge in [0.15, 0.2) is 0 Å². The van der Waals surface area contributed by atoms with Crippen molar-refractivity contribution in [3.63, 3.8) is 0 Å². The third-order valence-electron chi connectivity index (χ3n) is 5.21. The van der Waals surface area contributed by atoms with Crippen molar-refractivity contribution in [2.45, 2.75) is 57.7 Å². The molecule has 0 amide bonds. The van der Waals surface area contributed by atoms with E-state index in [1.807, 2.05) is 4.90 Å². The molecular formula is C21H33F3N4O2. The van der Waals surface area contributed by atoms with Crippen molar-refractivity contribution in [2.75, 3.05) is 44.7 Å². The number of ether oxygens (including phenoxy) is 1. The van der Waals surface area contributed by atoms with Gasteiger partial charge in [-0.05, 0) is 63.6 Å². The summed E-state index contributed by atoms with van der Waals surface area (Å²) in [5.41, 5.74) is 8.10. The van der Waals surface area contributed by atoms with Crippen LogP contribution >= 0.6 is 0 Å². The number of nitrogens with one attached hydrogen (secondary N) is 1. The van der Waals surface area contributed by atoms with Gasteiger partial charge in [-0.2, -0.15) is 13.2 Å². The number of aromatic nitrogens is 1. The minimum Gasteiger partial charge on any atom is -0.371 e. The maximum absolute atomic E-state index is 12.2. The average molecular weight is 431 g/mol. The van der Waals surface area contributed by atoms with Gasteiger partial charge in [0.1, 0.15) is 18.2 Å². The molecule has 1 aromatic rings. The molecule has 1 atom stereocenters. The first-order chi connectivity index (χ1) is 14.2. The van der Waals surface area contributed by atoms with Gasteiger partial charge in [-0.25, -0.2) is 4.98 Å². The Balaban J connectivity index is 1.75. The van der Waals surface area contributed by atoms with Crippen LogP contribution in [0.25, 0.3) is 0 Å². The average Bonchev–Trinajstić information content (AvgIpc) is 2.70. The van der Waals surface area contributed by atoms with Crippen molar-refractivity contribution in [2.24, 2.45) is 5.73 Å². The molecule has 0 aliphatic carbocycles. The topological polar surface area (TPSA) is 80.5 Å². The lowest BCUT2D eigenvalue weighted by Crippen LogP contribution is -2.36. The first kappa shape index (κ1) is 24.6. The van der Waals surface area contributed by atoms with Gasteiger partial charge in [-0.15, -0.1) is 0 Å². The molecule has 0 aromatic carbocycles. The number of carbonyl (C=O) groups is 1. The van der Waals surface area contributed by atoms with E-state index in [-0.39, 0.29) is 12.4 Å². The van der Waals surface area contributed by atoms with Crippen LogP contribution in [-0.4, -0.2) is 67.3 Å². The van der Waals surface area contributed by atoms with E-state index in [1.165, 1.54) is 12.5 Å². The van der Waals surface area contributed by atoms with Crippen LogP contribution in [0.5, 0.6) is 0 Å². The van der Waals surface area contributed by atoms with Crippen molar-refractivity contribution in [1.82, 2.24) is 9.88 Å². The standard InChI is InChI=1S/C21H33F3N4O2/c1-16(29)19(25)9-12-28(13-14-30-15-21(22,23)24)11-3-2-6-18-8-7-17-5-4-10-26-20(17)27-18/h7-8,19H,2-6,9-15,25H2,1H3,(H,26,27)/t19-/m0/s1. The van der Waals surface area contributed by atoms with Crippen LogP contribution in [0.15, 0.2) is 12.1 Å². The van der Waals surface area contributed by atoms with Gasteiger partial charge in [-0.3, -0.25) is 4.79 Å². The van der Waals surface area contributed by atoms with Gasteiger partial charge in [0, 0.05) is 25.3 Å². The fourth-order valence-electron chi connectivity index (χ4n) is 3.39. The molecule has 2 heterocycles. The van der Waals surface area contributed by atoms with Crippen molar-refractivity contribution in [1.29, 1.82) is 0 Å². The number of fused-ring (bicyclic) bond motifs is 1. The van der Waals surface area contributed by atoms with Crippen LogP contribution in [0, 0.1) is 0 Å². The summed E-state index contributed by atoms with van der Waals surface area (Å²) in [6, 6.07) is 3.66. The van der Waals surface area contributed by atoms with E-state index in [4.69, 9.17) is 10.5 Å². The van der Waals surface area contributed by atoms with Gasteiger partial charge < -0.3 is 20.7 Å². The van der Waals surface area contributed by atoms with E-state index in [1.54, 1.807) is 0 Å². The number of rotatable bonds is 13. The Morgan fingerprint density at radius 3 is 2.83 bits per heavy atom. The van der Waals surface area contributed by atoms with Crippen LogP contribution in [0.3, 0.4) is 0 Å². The van der Waals surface area contributed by atoms with Crippen molar-refractivity contribution in [3.05, 3.63) is 23.4 Å². The Bertz CT molecular complexity index is 670. The molecule has 0 saturated carbocycles. The maximum Gasteiger partial charge on any atom is 0.411 e. The normalized spacial score (nSPS) is 15.0. The molecule has 0 bridgehead atoms. The summed E-state index contributed by atoms with van der Waals surface area (Å²) in [5.74, 6) is 0.899. The Labute approximate surface area is 176 Å². The molecule has 3 N–H and O–H groups in total. The first-order valence-electron chi connectivity index (χ1n) is 10.6. The molecule has 170 valence electrons. The van der Waals surface area contributed by atoms with Gasteiger partial charge in [0.25, 0.3) is 0 Å². The SMILES string of the molecule is CC(=O)[C@@H](N)CCN(CCCCc1ccc2c(n1)NCCC2)CCOCC(F)(F)F. The fourth-order valence-corrected chi connectivity index (χ4v) is 3.39. The summed E-state index contributed by atoms with van der Waals surface area (Å²) < 4.78 is 41.4. The number of nitrogens with two attached hydrogens (primary N) is 1. The Hall–Kier alpha value is -1.71. The summed E-state index contributed by atoms with van der Waals surface area (Å²) >= 11 is 0. The predicted octanol–water partition coefficient (Wildman–Crippen LogP) is 2.95. The Morgan fingerprint density at radius 1 is 1.30 bits per heavy atom. The molecule has 1 aromatic heterocycles.